The predicted molar refractivity (Wildman–Crippen MR) is 54.7 cm³/mol. The van der Waals surface area contributed by atoms with Gasteiger partial charge in [-0.2, -0.15) is 5.26 Å². The number of anilines is 1. The van der Waals surface area contributed by atoms with Gasteiger partial charge in [0.2, 0.25) is 0 Å². The van der Waals surface area contributed by atoms with Crippen molar-refractivity contribution in [2.24, 2.45) is 5.73 Å². The Morgan fingerprint density at radius 2 is 2.07 bits per heavy atom. The van der Waals surface area contributed by atoms with E-state index in [1.54, 1.807) is 24.3 Å². The van der Waals surface area contributed by atoms with Crippen molar-refractivity contribution in [3.63, 3.8) is 0 Å². The number of aliphatic hydroxyl groups excluding tert-OH is 1. The Morgan fingerprint density at radius 3 is 2.57 bits per heavy atom. The normalized spacial score (nSPS) is 11.8. The number of nitrogens with two attached hydrogens (primary N) is 1. The highest BCUT2D eigenvalue weighted by atomic mass is 16.3. The van der Waals surface area contributed by atoms with Crippen LogP contribution < -0.4 is 11.1 Å². The van der Waals surface area contributed by atoms with Crippen LogP contribution in [0.3, 0.4) is 0 Å². The first-order valence-electron chi connectivity index (χ1n) is 4.38. The van der Waals surface area contributed by atoms with Crippen molar-refractivity contribution in [3.05, 3.63) is 29.8 Å². The van der Waals surface area contributed by atoms with Crippen molar-refractivity contribution >= 4 is 5.69 Å². The number of nitrogens with zero attached hydrogens (tertiary/aromatic N) is 1. The minimum atomic E-state index is -0.536. The molecule has 0 spiro atoms. The van der Waals surface area contributed by atoms with Crippen LogP contribution in [0.4, 0.5) is 5.69 Å². The largest absolute Gasteiger partial charge is 0.390 e. The molecule has 4 N–H and O–H groups in total. The molecule has 0 aliphatic rings. The molecule has 1 rings (SSSR count). The van der Waals surface area contributed by atoms with Crippen LogP contribution in [0.2, 0.25) is 0 Å². The maximum absolute atomic E-state index is 9.18. The van der Waals surface area contributed by atoms with Gasteiger partial charge in [-0.3, -0.25) is 0 Å². The van der Waals surface area contributed by atoms with Crippen molar-refractivity contribution in [2.45, 2.75) is 6.10 Å². The first kappa shape index (κ1) is 10.5. The Kier molecular flexibility index (Phi) is 3.92. The molecule has 74 valence electrons. The summed E-state index contributed by atoms with van der Waals surface area (Å²) < 4.78 is 0. The molecular formula is C10H13N3O. The van der Waals surface area contributed by atoms with Gasteiger partial charge in [0, 0.05) is 18.8 Å². The maximum atomic E-state index is 9.18. The summed E-state index contributed by atoms with van der Waals surface area (Å²) in [6, 6.07) is 9.06. The third-order valence-corrected chi connectivity index (χ3v) is 1.83. The summed E-state index contributed by atoms with van der Waals surface area (Å²) >= 11 is 0. The summed E-state index contributed by atoms with van der Waals surface area (Å²) in [6.45, 7) is 0.658. The second-order valence-electron chi connectivity index (χ2n) is 2.96. The zero-order chi connectivity index (χ0) is 10.4. The first-order chi connectivity index (χ1) is 6.76. The molecule has 4 nitrogen and oxygen atoms in total. The molecule has 0 radical (unpaired) electrons. The third kappa shape index (κ3) is 3.05. The third-order valence-electron chi connectivity index (χ3n) is 1.83. The van der Waals surface area contributed by atoms with E-state index in [1.807, 2.05) is 6.07 Å². The van der Waals surface area contributed by atoms with Gasteiger partial charge >= 0.3 is 0 Å². The van der Waals surface area contributed by atoms with E-state index in [1.165, 1.54) is 0 Å². The number of hydrogen-bond acceptors (Lipinski definition) is 4. The number of hydrogen-bond donors (Lipinski definition) is 3. The van der Waals surface area contributed by atoms with Crippen LogP contribution in [0.5, 0.6) is 0 Å². The predicted octanol–water partition coefficient (Wildman–Crippen LogP) is 0.290. The van der Waals surface area contributed by atoms with E-state index in [0.29, 0.717) is 12.1 Å². The zero-order valence-corrected chi connectivity index (χ0v) is 7.77. The molecule has 0 amide bonds. The fraction of sp³-hybridized carbons (Fsp3) is 0.300. The Balaban J connectivity index is 2.49. The molecule has 14 heavy (non-hydrogen) atoms. The topological polar surface area (TPSA) is 82.1 Å². The van der Waals surface area contributed by atoms with Gasteiger partial charge in [0.1, 0.15) is 0 Å². The lowest BCUT2D eigenvalue weighted by Gasteiger charge is -2.10. The number of nitrogens with one attached hydrogen (secondary N) is 1. The average Bonchev–Trinajstić information content (AvgIpc) is 2.26. The highest BCUT2D eigenvalue weighted by molar-refractivity contribution is 5.47. The molecule has 1 aromatic rings. The van der Waals surface area contributed by atoms with Gasteiger partial charge in [-0.1, -0.05) is 0 Å². The fourth-order valence-corrected chi connectivity index (χ4v) is 0.982. The van der Waals surface area contributed by atoms with Gasteiger partial charge < -0.3 is 16.2 Å². The van der Waals surface area contributed by atoms with E-state index in [0.717, 1.165) is 5.69 Å². The van der Waals surface area contributed by atoms with Crippen LogP contribution >= 0.6 is 0 Å². The molecule has 4 heteroatoms. The Hall–Kier alpha value is -1.57. The van der Waals surface area contributed by atoms with Crippen molar-refractivity contribution in [1.82, 2.24) is 0 Å². The highest BCUT2D eigenvalue weighted by Gasteiger charge is 1.99. The van der Waals surface area contributed by atoms with Crippen LogP contribution in [0.25, 0.3) is 0 Å². The molecule has 0 fully saturated rings. The van der Waals surface area contributed by atoms with E-state index >= 15 is 0 Å². The van der Waals surface area contributed by atoms with Gasteiger partial charge in [0.15, 0.2) is 0 Å². The van der Waals surface area contributed by atoms with Gasteiger partial charge in [-0.15, -0.1) is 0 Å². The van der Waals surface area contributed by atoms with Gasteiger partial charge in [-0.25, -0.2) is 0 Å². The first-order valence-corrected chi connectivity index (χ1v) is 4.38. The molecule has 0 heterocycles. The molecule has 1 atom stereocenters. The van der Waals surface area contributed by atoms with E-state index in [-0.39, 0.29) is 6.54 Å². The van der Waals surface area contributed by atoms with Crippen molar-refractivity contribution in [2.75, 3.05) is 18.4 Å². The lowest BCUT2D eigenvalue weighted by molar-refractivity contribution is 0.196. The number of benzene rings is 1. The van der Waals surface area contributed by atoms with E-state index in [2.05, 4.69) is 5.32 Å². The van der Waals surface area contributed by atoms with Gasteiger partial charge in [-0.05, 0) is 24.3 Å². The monoisotopic (exact) mass is 191 g/mol. The van der Waals surface area contributed by atoms with Crippen molar-refractivity contribution in [3.8, 4) is 6.07 Å². The highest BCUT2D eigenvalue weighted by Crippen LogP contribution is 2.08. The Bertz CT molecular complexity index is 315. The maximum Gasteiger partial charge on any atom is 0.0991 e. The van der Waals surface area contributed by atoms with Crippen LogP contribution in [-0.4, -0.2) is 24.3 Å². The molecule has 0 saturated carbocycles. The quantitative estimate of drug-likeness (QED) is 0.638. The average molecular weight is 191 g/mol. The summed E-state index contributed by atoms with van der Waals surface area (Å²) in [5.41, 5.74) is 6.74. The summed E-state index contributed by atoms with van der Waals surface area (Å²) in [7, 11) is 0. The number of rotatable bonds is 4. The van der Waals surface area contributed by atoms with Crippen LogP contribution in [-0.2, 0) is 0 Å². The molecule has 0 bridgehead atoms. The van der Waals surface area contributed by atoms with E-state index in [9.17, 15) is 5.11 Å². The van der Waals surface area contributed by atoms with Crippen LogP contribution in [0.15, 0.2) is 24.3 Å². The molecule has 0 aliphatic carbocycles. The van der Waals surface area contributed by atoms with E-state index < -0.39 is 6.10 Å². The van der Waals surface area contributed by atoms with Crippen molar-refractivity contribution < 1.29 is 5.11 Å². The zero-order valence-electron chi connectivity index (χ0n) is 7.77. The molecule has 0 aliphatic heterocycles. The van der Waals surface area contributed by atoms with Gasteiger partial charge in [0.25, 0.3) is 0 Å². The lowest BCUT2D eigenvalue weighted by atomic mass is 10.2. The minimum Gasteiger partial charge on any atom is -0.390 e. The minimum absolute atomic E-state index is 0.239. The Labute approximate surface area is 83.0 Å². The molecule has 1 aromatic carbocycles. The number of aliphatic hydroxyl groups is 1. The van der Waals surface area contributed by atoms with Crippen LogP contribution in [0, 0.1) is 11.3 Å². The van der Waals surface area contributed by atoms with Crippen LogP contribution in [0.1, 0.15) is 5.56 Å². The standard InChI is InChI=1S/C10H13N3O/c11-5-8-1-3-9(4-2-8)13-7-10(14)6-12/h1-4,10,13-14H,6-7,12H2. The Morgan fingerprint density at radius 1 is 1.43 bits per heavy atom. The van der Waals surface area contributed by atoms with Crippen molar-refractivity contribution in [1.29, 1.82) is 5.26 Å². The summed E-state index contributed by atoms with van der Waals surface area (Å²) in [5.74, 6) is 0. The summed E-state index contributed by atoms with van der Waals surface area (Å²) in [4.78, 5) is 0. The summed E-state index contributed by atoms with van der Waals surface area (Å²) in [6.07, 6.45) is -0.536. The molecule has 0 aromatic heterocycles. The molecule has 1 unspecified atom stereocenters. The smallest absolute Gasteiger partial charge is 0.0991 e. The second kappa shape index (κ2) is 5.22. The fourth-order valence-electron chi connectivity index (χ4n) is 0.982. The molecular weight excluding hydrogens is 178 g/mol. The molecule has 0 saturated heterocycles. The SMILES string of the molecule is N#Cc1ccc(NCC(O)CN)cc1. The number of nitriles is 1. The van der Waals surface area contributed by atoms with Gasteiger partial charge in [0.05, 0.1) is 17.7 Å². The lowest BCUT2D eigenvalue weighted by Crippen LogP contribution is -2.27. The summed E-state index contributed by atoms with van der Waals surface area (Å²) in [5, 5.41) is 20.7. The second-order valence-corrected chi connectivity index (χ2v) is 2.96. The van der Waals surface area contributed by atoms with E-state index in [4.69, 9.17) is 11.0 Å².